The van der Waals surface area contributed by atoms with E-state index in [4.69, 9.17) is 4.74 Å². The van der Waals surface area contributed by atoms with Gasteiger partial charge in [-0.2, -0.15) is 0 Å². The van der Waals surface area contributed by atoms with Crippen molar-refractivity contribution in [3.8, 4) is 0 Å². The number of ether oxygens (including phenoxy) is 1. The second-order valence-electron chi connectivity index (χ2n) is 5.14. The van der Waals surface area contributed by atoms with Crippen molar-refractivity contribution in [2.75, 3.05) is 19.6 Å². The van der Waals surface area contributed by atoms with Gasteiger partial charge < -0.3 is 9.84 Å². The Balaban J connectivity index is 2.24. The summed E-state index contributed by atoms with van der Waals surface area (Å²) < 4.78 is 5.13. The van der Waals surface area contributed by atoms with Crippen LogP contribution in [0.1, 0.15) is 27.2 Å². The number of rotatable bonds is 3. The number of nitrogens with zero attached hydrogens (tertiary/aromatic N) is 1. The van der Waals surface area contributed by atoms with E-state index in [9.17, 15) is 9.90 Å². The van der Waals surface area contributed by atoms with Gasteiger partial charge in [0.05, 0.1) is 6.10 Å². The maximum Gasteiger partial charge on any atom is 0.330 e. The minimum absolute atomic E-state index is 0.213. The molecule has 0 radical (unpaired) electrons. The van der Waals surface area contributed by atoms with Crippen LogP contribution in [0, 0.1) is 0 Å². The van der Waals surface area contributed by atoms with E-state index in [0.29, 0.717) is 13.1 Å². The molecule has 4 heteroatoms. The summed E-state index contributed by atoms with van der Waals surface area (Å²) in [5.74, 6) is -0.313. The summed E-state index contributed by atoms with van der Waals surface area (Å²) in [6.45, 7) is 7.80. The maximum atomic E-state index is 11.3. The van der Waals surface area contributed by atoms with Crippen LogP contribution in [0.5, 0.6) is 0 Å². The van der Waals surface area contributed by atoms with E-state index < -0.39 is 5.60 Å². The first kappa shape index (κ1) is 13.2. The maximum absolute atomic E-state index is 11.3. The highest BCUT2D eigenvalue weighted by atomic mass is 16.6. The molecule has 1 rings (SSSR count). The third-order valence-corrected chi connectivity index (χ3v) is 2.27. The zero-order valence-corrected chi connectivity index (χ0v) is 10.3. The van der Waals surface area contributed by atoms with Gasteiger partial charge in [-0.3, -0.25) is 4.90 Å². The Labute approximate surface area is 96.9 Å². The Morgan fingerprint density at radius 2 is 2.25 bits per heavy atom. The first-order valence-corrected chi connectivity index (χ1v) is 5.67. The molecule has 0 spiro atoms. The van der Waals surface area contributed by atoms with Crippen LogP contribution < -0.4 is 0 Å². The number of carbonyl (C=O) groups excluding carboxylic acids is 1. The Morgan fingerprint density at radius 1 is 1.56 bits per heavy atom. The molecule has 1 N–H and O–H groups in total. The zero-order chi connectivity index (χ0) is 12.2. The number of hydrogen-bond donors (Lipinski definition) is 1. The van der Waals surface area contributed by atoms with Gasteiger partial charge in [0, 0.05) is 25.7 Å². The first-order chi connectivity index (χ1) is 7.37. The van der Waals surface area contributed by atoms with Gasteiger partial charge in [-0.25, -0.2) is 4.79 Å². The van der Waals surface area contributed by atoms with Crippen molar-refractivity contribution < 1.29 is 14.6 Å². The molecule has 1 aliphatic heterocycles. The van der Waals surface area contributed by atoms with Crippen LogP contribution in [-0.4, -0.2) is 47.3 Å². The predicted molar refractivity (Wildman–Crippen MR) is 62.0 cm³/mol. The normalized spacial score (nSPS) is 22.9. The van der Waals surface area contributed by atoms with Crippen LogP contribution >= 0.6 is 0 Å². The zero-order valence-electron chi connectivity index (χ0n) is 10.3. The Morgan fingerprint density at radius 3 is 2.75 bits per heavy atom. The van der Waals surface area contributed by atoms with Crippen molar-refractivity contribution in [1.82, 2.24) is 4.90 Å². The van der Waals surface area contributed by atoms with E-state index in [1.54, 1.807) is 6.08 Å². The van der Waals surface area contributed by atoms with E-state index in [0.717, 1.165) is 13.0 Å². The molecular weight excluding hydrogens is 206 g/mol. The van der Waals surface area contributed by atoms with Gasteiger partial charge >= 0.3 is 5.97 Å². The fourth-order valence-electron chi connectivity index (χ4n) is 1.61. The monoisotopic (exact) mass is 227 g/mol. The van der Waals surface area contributed by atoms with Crippen LogP contribution in [-0.2, 0) is 9.53 Å². The fraction of sp³-hybridized carbons (Fsp3) is 0.750. The summed E-state index contributed by atoms with van der Waals surface area (Å²) in [6.07, 6.45) is 3.84. The standard InChI is InChI=1S/C12H21NO3/c1-12(2,3)16-11(15)5-4-7-13-8-6-10(14)9-13/h4-5,10,14H,6-9H2,1-3H3/b5-4+/t10-/m0/s1. The lowest BCUT2D eigenvalue weighted by molar-refractivity contribution is -0.148. The van der Waals surface area contributed by atoms with Gasteiger partial charge in [0.25, 0.3) is 0 Å². The molecule has 1 fully saturated rings. The number of aliphatic hydroxyl groups is 1. The molecule has 0 aromatic rings. The van der Waals surface area contributed by atoms with Gasteiger partial charge in [0.2, 0.25) is 0 Å². The molecule has 1 heterocycles. The number of likely N-dealkylation sites (tertiary alicyclic amines) is 1. The Bertz CT molecular complexity index is 268. The van der Waals surface area contributed by atoms with Crippen LogP contribution in [0.15, 0.2) is 12.2 Å². The van der Waals surface area contributed by atoms with E-state index in [2.05, 4.69) is 4.90 Å². The molecule has 0 aliphatic carbocycles. The minimum atomic E-state index is -0.439. The number of esters is 1. The summed E-state index contributed by atoms with van der Waals surface area (Å²) in [5.41, 5.74) is -0.439. The van der Waals surface area contributed by atoms with Crippen molar-refractivity contribution in [2.24, 2.45) is 0 Å². The number of β-amino-alcohol motifs (C(OH)–C–C–N with tert-alkyl or cyclic N) is 1. The van der Waals surface area contributed by atoms with Crippen molar-refractivity contribution in [1.29, 1.82) is 0 Å². The highest BCUT2D eigenvalue weighted by molar-refractivity contribution is 5.82. The lowest BCUT2D eigenvalue weighted by Gasteiger charge is -2.18. The van der Waals surface area contributed by atoms with E-state index in [1.165, 1.54) is 6.08 Å². The van der Waals surface area contributed by atoms with Crippen LogP contribution in [0.2, 0.25) is 0 Å². The average Bonchev–Trinajstić information content (AvgIpc) is 2.48. The SMILES string of the molecule is CC(C)(C)OC(=O)/C=C/CN1CC[C@H](O)C1. The van der Waals surface area contributed by atoms with Crippen LogP contribution in [0.25, 0.3) is 0 Å². The molecule has 0 aromatic carbocycles. The number of hydrogen-bond acceptors (Lipinski definition) is 4. The highest BCUT2D eigenvalue weighted by Gasteiger charge is 2.18. The highest BCUT2D eigenvalue weighted by Crippen LogP contribution is 2.09. The largest absolute Gasteiger partial charge is 0.457 e. The van der Waals surface area contributed by atoms with Crippen LogP contribution in [0.3, 0.4) is 0 Å². The summed E-state index contributed by atoms with van der Waals surface area (Å²) in [7, 11) is 0. The fourth-order valence-corrected chi connectivity index (χ4v) is 1.61. The molecule has 1 saturated heterocycles. The predicted octanol–water partition coefficient (Wildman–Crippen LogP) is 0.951. The molecule has 4 nitrogen and oxygen atoms in total. The minimum Gasteiger partial charge on any atom is -0.457 e. The molecule has 0 amide bonds. The molecular formula is C12H21NO3. The summed E-state index contributed by atoms with van der Waals surface area (Å²) >= 11 is 0. The van der Waals surface area contributed by atoms with Gasteiger partial charge in [-0.15, -0.1) is 0 Å². The number of aliphatic hydroxyl groups excluding tert-OH is 1. The van der Waals surface area contributed by atoms with Crippen LogP contribution in [0.4, 0.5) is 0 Å². The second kappa shape index (κ2) is 5.46. The number of carbonyl (C=O) groups is 1. The van der Waals surface area contributed by atoms with E-state index >= 15 is 0 Å². The van der Waals surface area contributed by atoms with Crippen molar-refractivity contribution in [3.63, 3.8) is 0 Å². The quantitative estimate of drug-likeness (QED) is 0.576. The van der Waals surface area contributed by atoms with E-state index in [-0.39, 0.29) is 12.1 Å². The molecule has 0 unspecified atom stereocenters. The molecule has 0 aromatic heterocycles. The van der Waals surface area contributed by atoms with Gasteiger partial charge in [0.1, 0.15) is 5.60 Å². The summed E-state index contributed by atoms with van der Waals surface area (Å²) in [4.78, 5) is 13.4. The lowest BCUT2D eigenvalue weighted by Crippen LogP contribution is -2.24. The smallest absolute Gasteiger partial charge is 0.330 e. The topological polar surface area (TPSA) is 49.8 Å². The molecule has 1 atom stereocenters. The van der Waals surface area contributed by atoms with Crippen molar-refractivity contribution in [2.45, 2.75) is 38.9 Å². The molecule has 92 valence electrons. The average molecular weight is 227 g/mol. The van der Waals surface area contributed by atoms with Crippen molar-refractivity contribution >= 4 is 5.97 Å². The molecule has 0 bridgehead atoms. The third kappa shape index (κ3) is 5.28. The first-order valence-electron chi connectivity index (χ1n) is 5.67. The Hall–Kier alpha value is -0.870. The van der Waals surface area contributed by atoms with Gasteiger partial charge in [-0.1, -0.05) is 6.08 Å². The van der Waals surface area contributed by atoms with Gasteiger partial charge in [0.15, 0.2) is 0 Å². The second-order valence-corrected chi connectivity index (χ2v) is 5.14. The summed E-state index contributed by atoms with van der Waals surface area (Å²) in [5, 5.41) is 9.30. The molecule has 16 heavy (non-hydrogen) atoms. The Kier molecular flexibility index (Phi) is 4.50. The molecule has 1 aliphatic rings. The lowest BCUT2D eigenvalue weighted by atomic mass is 10.2. The van der Waals surface area contributed by atoms with E-state index in [1.807, 2.05) is 20.8 Å². The summed E-state index contributed by atoms with van der Waals surface area (Å²) in [6, 6.07) is 0. The van der Waals surface area contributed by atoms with Gasteiger partial charge in [-0.05, 0) is 27.2 Å². The third-order valence-electron chi connectivity index (χ3n) is 2.27. The molecule has 0 saturated carbocycles. The van der Waals surface area contributed by atoms with Crippen molar-refractivity contribution in [3.05, 3.63) is 12.2 Å².